The molecule has 0 aromatic heterocycles. The van der Waals surface area contributed by atoms with Crippen LogP contribution in [0.3, 0.4) is 0 Å². The number of benzene rings is 1. The molecule has 0 N–H and O–H groups in total. The van der Waals surface area contributed by atoms with Crippen LogP contribution in [0, 0.1) is 0 Å². The molecule has 1 aromatic carbocycles. The molecule has 0 spiro atoms. The van der Waals surface area contributed by atoms with Crippen LogP contribution >= 0.6 is 0 Å². The Morgan fingerprint density at radius 3 is 2.30 bits per heavy atom. The van der Waals surface area contributed by atoms with Gasteiger partial charge in [-0.3, -0.25) is 4.90 Å². The summed E-state index contributed by atoms with van der Waals surface area (Å²) in [5, 5.41) is 0. The van der Waals surface area contributed by atoms with Crippen LogP contribution in [0.5, 0.6) is 11.5 Å². The quantitative estimate of drug-likeness (QED) is 0.839. The van der Waals surface area contributed by atoms with Gasteiger partial charge >= 0.3 is 0 Å². The molecule has 0 aliphatic carbocycles. The third-order valence-corrected chi connectivity index (χ3v) is 4.24. The Balaban J connectivity index is 2.55. The van der Waals surface area contributed by atoms with Crippen molar-refractivity contribution in [2.45, 2.75) is 52.6 Å². The van der Waals surface area contributed by atoms with E-state index in [0.717, 1.165) is 31.0 Å². The highest BCUT2D eigenvalue weighted by Gasteiger charge is 2.26. The van der Waals surface area contributed by atoms with Gasteiger partial charge in [0.15, 0.2) is 0 Å². The van der Waals surface area contributed by atoms with Crippen molar-refractivity contribution >= 4 is 0 Å². The number of ether oxygens (including phenoxy) is 2. The van der Waals surface area contributed by atoms with E-state index in [0.29, 0.717) is 12.0 Å². The monoisotopic (exact) mass is 277 g/mol. The number of rotatable bonds is 4. The van der Waals surface area contributed by atoms with Crippen molar-refractivity contribution in [1.29, 1.82) is 0 Å². The van der Waals surface area contributed by atoms with Gasteiger partial charge in [0.2, 0.25) is 0 Å². The predicted octanol–water partition coefficient (Wildman–Crippen LogP) is 3.59. The molecule has 0 fully saturated rings. The zero-order valence-corrected chi connectivity index (χ0v) is 13.6. The maximum atomic E-state index is 5.77. The van der Waals surface area contributed by atoms with Gasteiger partial charge in [0, 0.05) is 30.3 Å². The van der Waals surface area contributed by atoms with Gasteiger partial charge in [-0.05, 0) is 37.8 Å². The lowest BCUT2D eigenvalue weighted by molar-refractivity contribution is 0.199. The van der Waals surface area contributed by atoms with Gasteiger partial charge in [0.1, 0.15) is 11.5 Å². The highest BCUT2D eigenvalue weighted by Crippen LogP contribution is 2.42. The molecule has 1 aromatic rings. The van der Waals surface area contributed by atoms with Gasteiger partial charge in [-0.1, -0.05) is 13.8 Å². The molecular weight excluding hydrogens is 250 g/mol. The molecule has 3 nitrogen and oxygen atoms in total. The number of hydrogen-bond acceptors (Lipinski definition) is 3. The fraction of sp³-hybridized carbons (Fsp3) is 0.647. The molecule has 0 saturated heterocycles. The van der Waals surface area contributed by atoms with Crippen LogP contribution < -0.4 is 9.47 Å². The molecule has 0 radical (unpaired) electrons. The van der Waals surface area contributed by atoms with E-state index in [4.69, 9.17) is 9.47 Å². The summed E-state index contributed by atoms with van der Waals surface area (Å²) >= 11 is 0. The smallest absolute Gasteiger partial charge is 0.130 e. The van der Waals surface area contributed by atoms with Crippen molar-refractivity contribution in [3.63, 3.8) is 0 Å². The summed E-state index contributed by atoms with van der Waals surface area (Å²) in [5.74, 6) is 2.38. The second-order valence-electron chi connectivity index (χ2n) is 6.13. The molecule has 1 aliphatic rings. The maximum Gasteiger partial charge on any atom is 0.130 e. The van der Waals surface area contributed by atoms with Crippen molar-refractivity contribution in [3.8, 4) is 11.5 Å². The Kier molecular flexibility index (Phi) is 4.59. The molecule has 0 atom stereocenters. The van der Waals surface area contributed by atoms with E-state index in [-0.39, 0.29) is 0 Å². The SMILES string of the molecule is COc1cc2c(c(OC)c1C(C)C)CN(C(C)C)CC2. The van der Waals surface area contributed by atoms with E-state index in [1.807, 2.05) is 0 Å². The lowest BCUT2D eigenvalue weighted by Gasteiger charge is -2.34. The largest absolute Gasteiger partial charge is 0.496 e. The van der Waals surface area contributed by atoms with Crippen LogP contribution in [0.25, 0.3) is 0 Å². The maximum absolute atomic E-state index is 5.77. The van der Waals surface area contributed by atoms with Crippen LogP contribution in [0.15, 0.2) is 6.07 Å². The minimum atomic E-state index is 0.389. The van der Waals surface area contributed by atoms with E-state index < -0.39 is 0 Å². The lowest BCUT2D eigenvalue weighted by Crippen LogP contribution is -2.36. The van der Waals surface area contributed by atoms with Crippen molar-refractivity contribution in [2.24, 2.45) is 0 Å². The average Bonchev–Trinajstić information content (AvgIpc) is 2.43. The van der Waals surface area contributed by atoms with Crippen molar-refractivity contribution in [3.05, 3.63) is 22.8 Å². The molecule has 1 heterocycles. The summed E-state index contributed by atoms with van der Waals surface area (Å²) in [4.78, 5) is 2.50. The summed E-state index contributed by atoms with van der Waals surface area (Å²) in [6.07, 6.45) is 1.07. The number of nitrogens with zero attached hydrogens (tertiary/aromatic N) is 1. The molecule has 2 rings (SSSR count). The highest BCUT2D eigenvalue weighted by atomic mass is 16.5. The minimum absolute atomic E-state index is 0.389. The van der Waals surface area contributed by atoms with Crippen LogP contribution in [0.2, 0.25) is 0 Å². The second kappa shape index (κ2) is 6.04. The van der Waals surface area contributed by atoms with Gasteiger partial charge in [-0.2, -0.15) is 0 Å². The molecule has 0 amide bonds. The number of hydrogen-bond donors (Lipinski definition) is 0. The molecular formula is C17H27NO2. The third-order valence-electron chi connectivity index (χ3n) is 4.24. The fourth-order valence-corrected chi connectivity index (χ4v) is 3.08. The van der Waals surface area contributed by atoms with Gasteiger partial charge in [0.05, 0.1) is 14.2 Å². The zero-order valence-electron chi connectivity index (χ0n) is 13.6. The van der Waals surface area contributed by atoms with Crippen molar-refractivity contribution < 1.29 is 9.47 Å². The van der Waals surface area contributed by atoms with Crippen molar-refractivity contribution in [2.75, 3.05) is 20.8 Å². The Morgan fingerprint density at radius 2 is 1.80 bits per heavy atom. The first-order valence-electron chi connectivity index (χ1n) is 7.50. The standard InChI is InChI=1S/C17H27NO2/c1-11(2)16-15(19-5)9-13-7-8-18(12(3)4)10-14(13)17(16)20-6/h9,11-12H,7-8,10H2,1-6H3. The van der Waals surface area contributed by atoms with Gasteiger partial charge < -0.3 is 9.47 Å². The average molecular weight is 277 g/mol. The fourth-order valence-electron chi connectivity index (χ4n) is 3.08. The summed E-state index contributed by atoms with van der Waals surface area (Å²) in [6.45, 7) is 11.0. The van der Waals surface area contributed by atoms with E-state index in [1.54, 1.807) is 14.2 Å². The molecule has 20 heavy (non-hydrogen) atoms. The molecule has 0 bridgehead atoms. The first-order chi connectivity index (χ1) is 9.49. The van der Waals surface area contributed by atoms with E-state index >= 15 is 0 Å². The van der Waals surface area contributed by atoms with Gasteiger partial charge in [-0.15, -0.1) is 0 Å². The zero-order chi connectivity index (χ0) is 14.9. The molecule has 0 unspecified atom stereocenters. The van der Waals surface area contributed by atoms with Crippen LogP contribution in [-0.2, 0) is 13.0 Å². The number of fused-ring (bicyclic) bond motifs is 1. The molecule has 112 valence electrons. The number of methoxy groups -OCH3 is 2. The van der Waals surface area contributed by atoms with Crippen LogP contribution in [0.1, 0.15) is 50.3 Å². The molecule has 3 heteroatoms. The summed E-state index contributed by atoms with van der Waals surface area (Å²) < 4.78 is 11.4. The Morgan fingerprint density at radius 1 is 1.10 bits per heavy atom. The van der Waals surface area contributed by atoms with Crippen LogP contribution in [-0.4, -0.2) is 31.7 Å². The Hall–Kier alpha value is -1.22. The van der Waals surface area contributed by atoms with E-state index in [1.165, 1.54) is 16.7 Å². The Labute approximate surface area is 122 Å². The van der Waals surface area contributed by atoms with Gasteiger partial charge in [-0.25, -0.2) is 0 Å². The summed E-state index contributed by atoms with van der Waals surface area (Å²) in [6, 6.07) is 2.78. The topological polar surface area (TPSA) is 21.7 Å². The Bertz CT molecular complexity index is 480. The minimum Gasteiger partial charge on any atom is -0.496 e. The predicted molar refractivity (Wildman–Crippen MR) is 82.9 cm³/mol. The first kappa shape index (κ1) is 15.2. The third kappa shape index (κ3) is 2.64. The van der Waals surface area contributed by atoms with Crippen molar-refractivity contribution in [1.82, 2.24) is 4.90 Å². The normalized spacial score (nSPS) is 15.6. The molecule has 0 saturated carbocycles. The second-order valence-corrected chi connectivity index (χ2v) is 6.13. The summed E-state index contributed by atoms with van der Waals surface area (Å²) in [7, 11) is 3.52. The molecule has 1 aliphatic heterocycles. The lowest BCUT2D eigenvalue weighted by atomic mass is 9.90. The first-order valence-corrected chi connectivity index (χ1v) is 7.50. The van der Waals surface area contributed by atoms with Crippen LogP contribution in [0.4, 0.5) is 0 Å². The van der Waals surface area contributed by atoms with E-state index in [9.17, 15) is 0 Å². The summed E-state index contributed by atoms with van der Waals surface area (Å²) in [5.41, 5.74) is 3.91. The van der Waals surface area contributed by atoms with Gasteiger partial charge in [0.25, 0.3) is 0 Å². The highest BCUT2D eigenvalue weighted by molar-refractivity contribution is 5.56. The van der Waals surface area contributed by atoms with E-state index in [2.05, 4.69) is 38.7 Å².